The SMILES string of the molecule is CCCCCn1c(O)c(N=NC(=O)COc2ccccc2Br)c2ccccc21. The van der Waals surface area contributed by atoms with E-state index in [2.05, 4.69) is 33.1 Å². The molecule has 0 bridgehead atoms. The standard InChI is InChI=1S/C21H22BrN3O3/c1-2-3-8-13-25-17-11-6-4-9-15(17)20(21(25)27)24-23-19(26)14-28-18-12-7-5-10-16(18)22/h4-7,9-12,27H,2-3,8,13-14H2,1H3. The summed E-state index contributed by atoms with van der Waals surface area (Å²) in [6, 6.07) is 14.8. The van der Waals surface area contributed by atoms with E-state index in [-0.39, 0.29) is 12.5 Å². The number of aromatic nitrogens is 1. The second-order valence-corrected chi connectivity index (χ2v) is 7.22. The molecule has 0 unspecified atom stereocenters. The number of carbonyl (C=O) groups excluding carboxylic acids is 1. The Balaban J connectivity index is 1.76. The van der Waals surface area contributed by atoms with E-state index in [0.29, 0.717) is 18.0 Å². The van der Waals surface area contributed by atoms with Gasteiger partial charge in [0.1, 0.15) is 5.75 Å². The fourth-order valence-corrected chi connectivity index (χ4v) is 3.35. The third-order valence-corrected chi connectivity index (χ3v) is 5.01. The molecule has 0 radical (unpaired) electrons. The molecule has 1 amide bonds. The Bertz CT molecular complexity index is 998. The van der Waals surface area contributed by atoms with Gasteiger partial charge in [0.2, 0.25) is 5.88 Å². The Morgan fingerprint density at radius 2 is 1.89 bits per heavy atom. The Morgan fingerprint density at radius 1 is 1.14 bits per heavy atom. The number of azo groups is 1. The fourth-order valence-electron chi connectivity index (χ4n) is 2.95. The van der Waals surface area contributed by atoms with Gasteiger partial charge in [0, 0.05) is 11.9 Å². The Morgan fingerprint density at radius 3 is 2.68 bits per heavy atom. The highest BCUT2D eigenvalue weighted by atomic mass is 79.9. The molecule has 2 aromatic carbocycles. The molecule has 0 saturated carbocycles. The van der Waals surface area contributed by atoms with Crippen molar-refractivity contribution in [3.63, 3.8) is 0 Å². The number of ether oxygens (including phenoxy) is 1. The summed E-state index contributed by atoms with van der Waals surface area (Å²) in [4.78, 5) is 12.1. The summed E-state index contributed by atoms with van der Waals surface area (Å²) in [5.41, 5.74) is 1.18. The maximum atomic E-state index is 12.1. The van der Waals surface area contributed by atoms with Crippen molar-refractivity contribution in [1.82, 2.24) is 4.57 Å². The number of hydrogen-bond acceptors (Lipinski definition) is 4. The summed E-state index contributed by atoms with van der Waals surface area (Å²) >= 11 is 3.36. The summed E-state index contributed by atoms with van der Waals surface area (Å²) in [5.74, 6) is 0.0555. The third-order valence-electron chi connectivity index (χ3n) is 4.35. The maximum absolute atomic E-state index is 12.1. The van der Waals surface area contributed by atoms with Crippen LogP contribution in [0.5, 0.6) is 11.6 Å². The molecule has 146 valence electrons. The molecule has 0 atom stereocenters. The van der Waals surface area contributed by atoms with E-state index < -0.39 is 5.91 Å². The number of unbranched alkanes of at least 4 members (excludes halogenated alkanes) is 2. The minimum absolute atomic E-state index is 0.0283. The average molecular weight is 444 g/mol. The average Bonchev–Trinajstić information content (AvgIpc) is 2.97. The maximum Gasteiger partial charge on any atom is 0.302 e. The molecule has 28 heavy (non-hydrogen) atoms. The second-order valence-electron chi connectivity index (χ2n) is 6.36. The molecular formula is C21H22BrN3O3. The van der Waals surface area contributed by atoms with Gasteiger partial charge >= 0.3 is 5.91 Å². The molecular weight excluding hydrogens is 422 g/mol. The van der Waals surface area contributed by atoms with E-state index in [1.165, 1.54) is 0 Å². The highest BCUT2D eigenvalue weighted by molar-refractivity contribution is 9.10. The Kier molecular flexibility index (Phi) is 6.81. The summed E-state index contributed by atoms with van der Waals surface area (Å²) in [5, 5.41) is 19.2. The van der Waals surface area contributed by atoms with Crippen molar-refractivity contribution in [3.8, 4) is 11.6 Å². The van der Waals surface area contributed by atoms with Gasteiger partial charge in [-0.05, 0) is 40.5 Å². The predicted molar refractivity (Wildman–Crippen MR) is 112 cm³/mol. The van der Waals surface area contributed by atoms with E-state index in [9.17, 15) is 9.90 Å². The molecule has 0 aliphatic heterocycles. The lowest BCUT2D eigenvalue weighted by Gasteiger charge is -2.06. The smallest absolute Gasteiger partial charge is 0.302 e. The van der Waals surface area contributed by atoms with Crippen molar-refractivity contribution in [3.05, 3.63) is 53.0 Å². The molecule has 1 heterocycles. The molecule has 0 aliphatic rings. The van der Waals surface area contributed by atoms with Crippen LogP contribution in [-0.2, 0) is 11.3 Å². The van der Waals surface area contributed by atoms with E-state index in [1.807, 2.05) is 47.0 Å². The second kappa shape index (κ2) is 9.50. The number of para-hydroxylation sites is 2. The highest BCUT2D eigenvalue weighted by Gasteiger charge is 2.16. The van der Waals surface area contributed by atoms with Crippen LogP contribution >= 0.6 is 15.9 Å². The lowest BCUT2D eigenvalue weighted by Crippen LogP contribution is -2.08. The van der Waals surface area contributed by atoms with Crippen molar-refractivity contribution < 1.29 is 14.6 Å². The molecule has 1 N–H and O–H groups in total. The molecule has 3 rings (SSSR count). The quantitative estimate of drug-likeness (QED) is 0.343. The van der Waals surface area contributed by atoms with Crippen LogP contribution in [0, 0.1) is 0 Å². The number of rotatable bonds is 8. The van der Waals surface area contributed by atoms with Gasteiger partial charge in [-0.15, -0.1) is 10.2 Å². The topological polar surface area (TPSA) is 76.2 Å². The van der Waals surface area contributed by atoms with Gasteiger partial charge in [-0.3, -0.25) is 4.79 Å². The van der Waals surface area contributed by atoms with Crippen LogP contribution in [0.1, 0.15) is 26.2 Å². The van der Waals surface area contributed by atoms with Crippen LogP contribution in [0.2, 0.25) is 0 Å². The zero-order valence-corrected chi connectivity index (χ0v) is 17.2. The summed E-state index contributed by atoms with van der Waals surface area (Å²) in [6.45, 7) is 2.59. The highest BCUT2D eigenvalue weighted by Crippen LogP contribution is 2.39. The number of halogens is 1. The lowest BCUT2D eigenvalue weighted by molar-refractivity contribution is -0.120. The molecule has 0 fully saturated rings. The minimum atomic E-state index is -0.530. The van der Waals surface area contributed by atoms with Gasteiger partial charge in [0.25, 0.3) is 0 Å². The zero-order chi connectivity index (χ0) is 19.9. The third kappa shape index (κ3) is 4.59. The van der Waals surface area contributed by atoms with Gasteiger partial charge in [-0.25, -0.2) is 0 Å². The van der Waals surface area contributed by atoms with Crippen LogP contribution in [0.15, 0.2) is 63.2 Å². The largest absolute Gasteiger partial charge is 0.493 e. The summed E-state index contributed by atoms with van der Waals surface area (Å²) < 4.78 is 8.04. The molecule has 7 heteroatoms. The van der Waals surface area contributed by atoms with E-state index >= 15 is 0 Å². The molecule has 0 saturated heterocycles. The number of fused-ring (bicyclic) bond motifs is 1. The van der Waals surface area contributed by atoms with Crippen LogP contribution in [0.4, 0.5) is 5.69 Å². The number of carbonyl (C=O) groups is 1. The van der Waals surface area contributed by atoms with Crippen LogP contribution in [-0.4, -0.2) is 22.2 Å². The first-order valence-corrected chi connectivity index (χ1v) is 10.0. The first kappa shape index (κ1) is 20.1. The van der Waals surface area contributed by atoms with Crippen molar-refractivity contribution in [2.24, 2.45) is 10.2 Å². The lowest BCUT2D eigenvalue weighted by atomic mass is 10.2. The van der Waals surface area contributed by atoms with Gasteiger partial charge < -0.3 is 14.4 Å². The van der Waals surface area contributed by atoms with Crippen molar-refractivity contribution >= 4 is 38.4 Å². The molecule has 0 spiro atoms. The summed E-state index contributed by atoms with van der Waals surface area (Å²) in [7, 11) is 0. The number of benzene rings is 2. The van der Waals surface area contributed by atoms with Crippen LogP contribution < -0.4 is 4.74 Å². The number of amides is 1. The van der Waals surface area contributed by atoms with E-state index in [0.717, 1.165) is 34.6 Å². The van der Waals surface area contributed by atoms with Gasteiger partial charge in [-0.1, -0.05) is 50.1 Å². The predicted octanol–water partition coefficient (Wildman–Crippen LogP) is 5.99. The Labute approximate surface area is 172 Å². The van der Waals surface area contributed by atoms with E-state index in [4.69, 9.17) is 4.74 Å². The number of hydrogen-bond donors (Lipinski definition) is 1. The Hall–Kier alpha value is -2.67. The number of aromatic hydroxyl groups is 1. The van der Waals surface area contributed by atoms with Crippen molar-refractivity contribution in [2.75, 3.05) is 6.61 Å². The minimum Gasteiger partial charge on any atom is -0.493 e. The molecule has 3 aromatic rings. The first-order valence-electron chi connectivity index (χ1n) is 9.24. The first-order chi connectivity index (χ1) is 13.6. The zero-order valence-electron chi connectivity index (χ0n) is 15.6. The van der Waals surface area contributed by atoms with Crippen LogP contribution in [0.25, 0.3) is 10.9 Å². The number of nitrogens with zero attached hydrogens (tertiary/aromatic N) is 3. The van der Waals surface area contributed by atoms with Crippen LogP contribution in [0.3, 0.4) is 0 Å². The van der Waals surface area contributed by atoms with Crippen molar-refractivity contribution in [2.45, 2.75) is 32.7 Å². The van der Waals surface area contributed by atoms with Gasteiger partial charge in [-0.2, -0.15) is 0 Å². The number of aryl methyl sites for hydroxylation is 1. The van der Waals surface area contributed by atoms with Gasteiger partial charge in [0.15, 0.2) is 12.3 Å². The normalized spacial score (nSPS) is 11.4. The monoisotopic (exact) mass is 443 g/mol. The fraction of sp³-hybridized carbons (Fsp3) is 0.286. The van der Waals surface area contributed by atoms with E-state index in [1.54, 1.807) is 6.07 Å². The van der Waals surface area contributed by atoms with Gasteiger partial charge in [0.05, 0.1) is 9.99 Å². The molecule has 0 aliphatic carbocycles. The molecule has 1 aromatic heterocycles. The summed E-state index contributed by atoms with van der Waals surface area (Å²) in [6.07, 6.45) is 3.13. The molecule has 6 nitrogen and oxygen atoms in total. The van der Waals surface area contributed by atoms with Crippen molar-refractivity contribution in [1.29, 1.82) is 0 Å².